The molecule has 0 saturated heterocycles. The number of nitrogens with zero attached hydrogens (tertiary/aromatic N) is 1. The molecule has 2 aromatic rings. The highest BCUT2D eigenvalue weighted by Gasteiger charge is 2.16. The molecule has 6 heteroatoms. The van der Waals surface area contributed by atoms with Crippen LogP contribution in [0, 0.1) is 0 Å². The van der Waals surface area contributed by atoms with Crippen LogP contribution in [0.4, 0.5) is 0 Å². The van der Waals surface area contributed by atoms with Gasteiger partial charge in [0.15, 0.2) is 11.5 Å². The summed E-state index contributed by atoms with van der Waals surface area (Å²) in [5.74, 6) is 1.74. The second-order valence-corrected chi connectivity index (χ2v) is 6.10. The average molecular weight is 394 g/mol. The van der Waals surface area contributed by atoms with Gasteiger partial charge < -0.3 is 19.1 Å². The van der Waals surface area contributed by atoms with E-state index in [2.05, 4.69) is 15.9 Å². The number of ether oxygens (including phenoxy) is 3. The number of hydrogen-bond acceptors (Lipinski definition) is 4. The van der Waals surface area contributed by atoms with Crippen LogP contribution in [0.1, 0.15) is 15.9 Å². The van der Waals surface area contributed by atoms with Crippen molar-refractivity contribution < 1.29 is 19.0 Å². The number of halogens is 1. The fraction of sp³-hybridized carbons (Fsp3) is 0.278. The fourth-order valence-corrected chi connectivity index (χ4v) is 2.80. The molecule has 0 aliphatic heterocycles. The molecule has 1 amide bonds. The maximum atomic E-state index is 12.7. The Labute approximate surface area is 150 Å². The first-order valence-electron chi connectivity index (χ1n) is 7.30. The maximum Gasteiger partial charge on any atom is 0.254 e. The molecule has 0 radical (unpaired) electrons. The molecule has 0 aliphatic carbocycles. The Kier molecular flexibility index (Phi) is 6.09. The van der Waals surface area contributed by atoms with Gasteiger partial charge in [-0.3, -0.25) is 4.79 Å². The van der Waals surface area contributed by atoms with Gasteiger partial charge in [-0.1, -0.05) is 15.9 Å². The highest BCUT2D eigenvalue weighted by molar-refractivity contribution is 9.10. The summed E-state index contributed by atoms with van der Waals surface area (Å²) in [6.45, 7) is 0.426. The van der Waals surface area contributed by atoms with Gasteiger partial charge in [0.25, 0.3) is 5.91 Å². The molecule has 2 aromatic carbocycles. The van der Waals surface area contributed by atoms with Crippen LogP contribution in [-0.2, 0) is 6.54 Å². The van der Waals surface area contributed by atoms with Crippen LogP contribution in [0.15, 0.2) is 40.9 Å². The molecule has 0 unspecified atom stereocenters. The third-order valence-electron chi connectivity index (χ3n) is 3.63. The van der Waals surface area contributed by atoms with Crippen LogP contribution in [0.2, 0.25) is 0 Å². The smallest absolute Gasteiger partial charge is 0.254 e. The molecule has 0 aliphatic rings. The zero-order valence-electron chi connectivity index (χ0n) is 14.1. The Bertz CT molecular complexity index is 733. The normalized spacial score (nSPS) is 10.2. The number of carbonyl (C=O) groups excluding carboxylic acids is 1. The lowest BCUT2D eigenvalue weighted by molar-refractivity contribution is 0.0783. The van der Waals surface area contributed by atoms with Gasteiger partial charge in [-0.15, -0.1) is 0 Å². The summed E-state index contributed by atoms with van der Waals surface area (Å²) in [5.41, 5.74) is 1.45. The second kappa shape index (κ2) is 8.06. The summed E-state index contributed by atoms with van der Waals surface area (Å²) >= 11 is 3.44. The van der Waals surface area contributed by atoms with Crippen molar-refractivity contribution in [1.82, 2.24) is 4.90 Å². The van der Waals surface area contributed by atoms with Gasteiger partial charge in [0.2, 0.25) is 0 Å². The van der Waals surface area contributed by atoms with Gasteiger partial charge in [-0.25, -0.2) is 0 Å². The molecule has 0 aromatic heterocycles. The lowest BCUT2D eigenvalue weighted by atomic mass is 10.1. The first-order valence-corrected chi connectivity index (χ1v) is 8.09. The van der Waals surface area contributed by atoms with Crippen molar-refractivity contribution in [3.63, 3.8) is 0 Å². The van der Waals surface area contributed by atoms with Crippen LogP contribution >= 0.6 is 15.9 Å². The third-order valence-corrected chi connectivity index (χ3v) is 4.12. The van der Waals surface area contributed by atoms with E-state index in [0.717, 1.165) is 15.8 Å². The van der Waals surface area contributed by atoms with E-state index >= 15 is 0 Å². The van der Waals surface area contributed by atoms with E-state index in [1.165, 1.54) is 0 Å². The van der Waals surface area contributed by atoms with Crippen LogP contribution in [0.5, 0.6) is 17.2 Å². The van der Waals surface area contributed by atoms with Crippen molar-refractivity contribution in [3.8, 4) is 17.2 Å². The van der Waals surface area contributed by atoms with Gasteiger partial charge in [0.1, 0.15) is 5.75 Å². The molecule has 0 atom stereocenters. The number of hydrogen-bond donors (Lipinski definition) is 0. The Morgan fingerprint density at radius 3 is 2.21 bits per heavy atom. The third kappa shape index (κ3) is 4.00. The van der Waals surface area contributed by atoms with Crippen molar-refractivity contribution >= 4 is 21.8 Å². The summed E-state index contributed by atoms with van der Waals surface area (Å²) in [7, 11) is 6.47. The maximum absolute atomic E-state index is 12.7. The van der Waals surface area contributed by atoms with Crippen LogP contribution in [-0.4, -0.2) is 39.2 Å². The van der Waals surface area contributed by atoms with E-state index in [9.17, 15) is 4.79 Å². The molecular formula is C18H20BrNO4. The van der Waals surface area contributed by atoms with E-state index in [1.807, 2.05) is 18.2 Å². The van der Waals surface area contributed by atoms with Crippen molar-refractivity contribution in [3.05, 3.63) is 52.0 Å². The minimum Gasteiger partial charge on any atom is -0.496 e. The van der Waals surface area contributed by atoms with E-state index in [-0.39, 0.29) is 5.91 Å². The van der Waals surface area contributed by atoms with Crippen LogP contribution < -0.4 is 14.2 Å². The highest BCUT2D eigenvalue weighted by atomic mass is 79.9. The standard InChI is InChI=1S/C18H20BrNO4/c1-20(11-13-9-14(19)6-8-15(13)22-2)18(21)12-5-7-16(23-3)17(10-12)24-4/h5-10H,11H2,1-4H3. The molecule has 0 bridgehead atoms. The van der Waals surface area contributed by atoms with Crippen molar-refractivity contribution in [1.29, 1.82) is 0 Å². The molecule has 0 saturated carbocycles. The molecule has 0 spiro atoms. The number of benzene rings is 2. The molecular weight excluding hydrogens is 374 g/mol. The monoisotopic (exact) mass is 393 g/mol. The molecule has 128 valence electrons. The predicted molar refractivity (Wildman–Crippen MR) is 96.0 cm³/mol. The topological polar surface area (TPSA) is 48.0 Å². The van der Waals surface area contributed by atoms with Gasteiger partial charge in [-0.05, 0) is 36.4 Å². The number of amides is 1. The van der Waals surface area contributed by atoms with Gasteiger partial charge in [0, 0.05) is 29.2 Å². The van der Waals surface area contributed by atoms with E-state index in [4.69, 9.17) is 14.2 Å². The average Bonchev–Trinajstić information content (AvgIpc) is 2.60. The van der Waals surface area contributed by atoms with Crippen molar-refractivity contribution in [2.45, 2.75) is 6.54 Å². The molecule has 24 heavy (non-hydrogen) atoms. The van der Waals surface area contributed by atoms with E-state index in [1.54, 1.807) is 51.5 Å². The first-order chi connectivity index (χ1) is 11.5. The molecule has 0 heterocycles. The molecule has 0 fully saturated rings. The van der Waals surface area contributed by atoms with Crippen molar-refractivity contribution in [2.75, 3.05) is 28.4 Å². The molecule has 0 N–H and O–H groups in total. The summed E-state index contributed by atoms with van der Waals surface area (Å²) in [6.07, 6.45) is 0. The molecule has 2 rings (SSSR count). The lowest BCUT2D eigenvalue weighted by Gasteiger charge is -2.20. The second-order valence-electron chi connectivity index (χ2n) is 5.19. The summed E-state index contributed by atoms with van der Waals surface area (Å²) in [6, 6.07) is 10.8. The van der Waals surface area contributed by atoms with Crippen LogP contribution in [0.25, 0.3) is 0 Å². The zero-order chi connectivity index (χ0) is 17.7. The minimum absolute atomic E-state index is 0.113. The van der Waals surface area contributed by atoms with Gasteiger partial charge >= 0.3 is 0 Å². The Hall–Kier alpha value is -2.21. The van der Waals surface area contributed by atoms with Crippen molar-refractivity contribution in [2.24, 2.45) is 0 Å². The Morgan fingerprint density at radius 2 is 1.58 bits per heavy atom. The predicted octanol–water partition coefficient (Wildman–Crippen LogP) is 3.75. The summed E-state index contributed by atoms with van der Waals surface area (Å²) in [4.78, 5) is 14.3. The Balaban J connectivity index is 2.22. The minimum atomic E-state index is -0.113. The van der Waals surface area contributed by atoms with E-state index in [0.29, 0.717) is 23.6 Å². The lowest BCUT2D eigenvalue weighted by Crippen LogP contribution is -2.26. The van der Waals surface area contributed by atoms with E-state index < -0.39 is 0 Å². The zero-order valence-corrected chi connectivity index (χ0v) is 15.7. The van der Waals surface area contributed by atoms with Crippen LogP contribution in [0.3, 0.4) is 0 Å². The number of carbonyl (C=O) groups is 1. The number of rotatable bonds is 6. The summed E-state index contributed by atoms with van der Waals surface area (Å²) < 4.78 is 16.7. The number of methoxy groups -OCH3 is 3. The molecule has 5 nitrogen and oxygen atoms in total. The largest absolute Gasteiger partial charge is 0.496 e. The highest BCUT2D eigenvalue weighted by Crippen LogP contribution is 2.29. The summed E-state index contributed by atoms with van der Waals surface area (Å²) in [5, 5.41) is 0. The Morgan fingerprint density at radius 1 is 0.958 bits per heavy atom. The fourth-order valence-electron chi connectivity index (χ4n) is 2.39. The van der Waals surface area contributed by atoms with Gasteiger partial charge in [0.05, 0.1) is 21.3 Å². The quantitative estimate of drug-likeness (QED) is 0.749. The first kappa shape index (κ1) is 18.1. The van der Waals surface area contributed by atoms with Gasteiger partial charge in [-0.2, -0.15) is 0 Å². The SMILES string of the molecule is COc1ccc(Br)cc1CN(C)C(=O)c1ccc(OC)c(OC)c1.